The van der Waals surface area contributed by atoms with Gasteiger partial charge < -0.3 is 4.98 Å². The summed E-state index contributed by atoms with van der Waals surface area (Å²) >= 11 is 5.64. The molecule has 0 unspecified atom stereocenters. The number of halogens is 1. The van der Waals surface area contributed by atoms with Gasteiger partial charge in [-0.25, -0.2) is 13.1 Å². The molecule has 0 radical (unpaired) electrons. The highest BCUT2D eigenvalue weighted by molar-refractivity contribution is 7.89. The lowest BCUT2D eigenvalue weighted by molar-refractivity contribution is 0.588. The normalized spacial score (nSPS) is 11.5. The van der Waals surface area contributed by atoms with Crippen molar-refractivity contribution in [3.05, 3.63) is 51.8 Å². The summed E-state index contributed by atoms with van der Waals surface area (Å²) in [6.45, 7) is 0. The summed E-state index contributed by atoms with van der Waals surface area (Å²) in [5.74, 6) is 0. The van der Waals surface area contributed by atoms with Gasteiger partial charge in [0.1, 0.15) is 5.02 Å². The fraction of sp³-hybridized carbons (Fsp3) is 0.0833. The molecule has 2 aromatic rings. The van der Waals surface area contributed by atoms with E-state index in [4.69, 9.17) is 11.6 Å². The Hall–Kier alpha value is -1.63. The van der Waals surface area contributed by atoms with Gasteiger partial charge in [-0.3, -0.25) is 4.79 Å². The zero-order valence-electron chi connectivity index (χ0n) is 9.98. The molecular formula is C12H11ClN2O3S. The van der Waals surface area contributed by atoms with E-state index in [2.05, 4.69) is 9.71 Å². The number of sulfonamides is 1. The third-order valence-corrected chi connectivity index (χ3v) is 4.33. The van der Waals surface area contributed by atoms with Crippen molar-refractivity contribution >= 4 is 21.6 Å². The fourth-order valence-corrected chi connectivity index (χ4v) is 2.40. The third kappa shape index (κ3) is 2.86. The molecule has 2 rings (SSSR count). The van der Waals surface area contributed by atoms with Crippen molar-refractivity contribution in [3.63, 3.8) is 0 Å². The molecule has 0 saturated heterocycles. The lowest BCUT2D eigenvalue weighted by Gasteiger charge is -2.05. The van der Waals surface area contributed by atoms with Gasteiger partial charge in [-0.05, 0) is 36.9 Å². The van der Waals surface area contributed by atoms with Gasteiger partial charge in [-0.2, -0.15) is 0 Å². The van der Waals surface area contributed by atoms with Crippen molar-refractivity contribution < 1.29 is 8.42 Å². The molecule has 7 heteroatoms. The molecule has 0 aliphatic carbocycles. The molecule has 0 spiro atoms. The fourth-order valence-electron chi connectivity index (χ4n) is 1.56. The standard InChI is InChI=1S/C12H11ClN2O3S/c1-14-19(17,18)9-4-2-8(3-5-9)11-7-6-10(13)12(16)15-11/h2-7,14H,1H3,(H,15,16). The van der Waals surface area contributed by atoms with E-state index in [1.54, 1.807) is 18.2 Å². The summed E-state index contributed by atoms with van der Waals surface area (Å²) in [5.41, 5.74) is 0.887. The number of benzene rings is 1. The van der Waals surface area contributed by atoms with Crippen molar-refractivity contribution in [2.45, 2.75) is 4.90 Å². The molecule has 0 amide bonds. The van der Waals surface area contributed by atoms with Crippen LogP contribution in [0.3, 0.4) is 0 Å². The van der Waals surface area contributed by atoms with E-state index < -0.39 is 10.0 Å². The molecule has 19 heavy (non-hydrogen) atoms. The maximum absolute atomic E-state index is 11.6. The van der Waals surface area contributed by atoms with E-state index in [1.807, 2.05) is 0 Å². The van der Waals surface area contributed by atoms with Gasteiger partial charge in [0, 0.05) is 5.69 Å². The molecule has 1 aromatic carbocycles. The number of nitrogens with one attached hydrogen (secondary N) is 2. The number of hydrogen-bond donors (Lipinski definition) is 2. The Morgan fingerprint density at radius 2 is 1.74 bits per heavy atom. The van der Waals surface area contributed by atoms with Crippen LogP contribution >= 0.6 is 11.6 Å². The lowest BCUT2D eigenvalue weighted by atomic mass is 10.1. The summed E-state index contributed by atoms with van der Waals surface area (Å²) in [7, 11) is -2.11. The number of rotatable bonds is 3. The van der Waals surface area contributed by atoms with E-state index in [1.165, 1.54) is 25.2 Å². The molecule has 0 aliphatic heterocycles. The van der Waals surface area contributed by atoms with Crippen LogP contribution in [0.2, 0.25) is 5.02 Å². The molecule has 0 fully saturated rings. The van der Waals surface area contributed by atoms with Crippen molar-refractivity contribution in [1.82, 2.24) is 9.71 Å². The topological polar surface area (TPSA) is 79.0 Å². The number of aromatic amines is 1. The summed E-state index contributed by atoms with van der Waals surface area (Å²) in [6.07, 6.45) is 0. The van der Waals surface area contributed by atoms with Crippen LogP contribution in [0.4, 0.5) is 0 Å². The van der Waals surface area contributed by atoms with Crippen LogP contribution < -0.4 is 10.3 Å². The Morgan fingerprint density at radius 1 is 1.11 bits per heavy atom. The van der Waals surface area contributed by atoms with Crippen LogP contribution in [0.1, 0.15) is 0 Å². The van der Waals surface area contributed by atoms with E-state index >= 15 is 0 Å². The molecule has 1 heterocycles. The van der Waals surface area contributed by atoms with Crippen molar-refractivity contribution in [3.8, 4) is 11.3 Å². The monoisotopic (exact) mass is 298 g/mol. The second-order valence-corrected chi connectivity index (χ2v) is 6.07. The molecule has 100 valence electrons. The number of aromatic nitrogens is 1. The Balaban J connectivity index is 2.43. The maximum atomic E-state index is 11.6. The van der Waals surface area contributed by atoms with Crippen LogP contribution in [-0.2, 0) is 10.0 Å². The van der Waals surface area contributed by atoms with E-state index in [9.17, 15) is 13.2 Å². The highest BCUT2D eigenvalue weighted by Crippen LogP contribution is 2.19. The predicted octanol–water partition coefficient (Wildman–Crippen LogP) is 1.60. The molecule has 1 aromatic heterocycles. The highest BCUT2D eigenvalue weighted by Gasteiger charge is 2.11. The number of pyridine rings is 1. The van der Waals surface area contributed by atoms with Crippen LogP contribution in [0.15, 0.2) is 46.1 Å². The first-order valence-corrected chi connectivity index (χ1v) is 7.23. The minimum Gasteiger partial charge on any atom is -0.321 e. The van der Waals surface area contributed by atoms with Gasteiger partial charge in [0.2, 0.25) is 10.0 Å². The van der Waals surface area contributed by atoms with Gasteiger partial charge in [0.25, 0.3) is 5.56 Å². The Labute approximate surface area is 115 Å². The van der Waals surface area contributed by atoms with Gasteiger partial charge in [0.05, 0.1) is 4.90 Å². The minimum atomic E-state index is -3.46. The molecule has 0 bridgehead atoms. The SMILES string of the molecule is CNS(=O)(=O)c1ccc(-c2ccc(Cl)c(=O)[nH]2)cc1. The maximum Gasteiger partial charge on any atom is 0.267 e. The Morgan fingerprint density at radius 3 is 2.26 bits per heavy atom. The van der Waals surface area contributed by atoms with Crippen LogP contribution in [0, 0.1) is 0 Å². The summed E-state index contributed by atoms with van der Waals surface area (Å²) in [5, 5.41) is 0.109. The van der Waals surface area contributed by atoms with Crippen molar-refractivity contribution in [2.24, 2.45) is 0 Å². The Bertz CT molecular complexity index is 751. The highest BCUT2D eigenvalue weighted by atomic mass is 35.5. The zero-order chi connectivity index (χ0) is 14.0. The summed E-state index contributed by atoms with van der Waals surface area (Å²) in [4.78, 5) is 14.2. The zero-order valence-corrected chi connectivity index (χ0v) is 11.5. The van der Waals surface area contributed by atoms with E-state index in [0.29, 0.717) is 11.3 Å². The van der Waals surface area contributed by atoms with E-state index in [-0.39, 0.29) is 15.5 Å². The van der Waals surface area contributed by atoms with Gasteiger partial charge >= 0.3 is 0 Å². The summed E-state index contributed by atoms with van der Waals surface area (Å²) < 4.78 is 25.4. The molecule has 0 atom stereocenters. The predicted molar refractivity (Wildman–Crippen MR) is 73.8 cm³/mol. The van der Waals surface area contributed by atoms with Crippen molar-refractivity contribution in [1.29, 1.82) is 0 Å². The first-order chi connectivity index (χ1) is 8.94. The van der Waals surface area contributed by atoms with Gasteiger partial charge in [-0.15, -0.1) is 0 Å². The molecule has 0 aliphatic rings. The smallest absolute Gasteiger partial charge is 0.267 e. The number of H-pyrrole nitrogens is 1. The first kappa shape index (κ1) is 13.8. The molecular weight excluding hydrogens is 288 g/mol. The minimum absolute atomic E-state index is 0.109. The van der Waals surface area contributed by atoms with Gasteiger partial charge in [0.15, 0.2) is 0 Å². The van der Waals surface area contributed by atoms with Crippen LogP contribution in [0.5, 0.6) is 0 Å². The van der Waals surface area contributed by atoms with Crippen molar-refractivity contribution in [2.75, 3.05) is 7.05 Å². The second kappa shape index (κ2) is 5.16. The largest absolute Gasteiger partial charge is 0.321 e. The van der Waals surface area contributed by atoms with Gasteiger partial charge in [-0.1, -0.05) is 23.7 Å². The summed E-state index contributed by atoms with van der Waals surface area (Å²) in [6, 6.07) is 9.31. The number of hydrogen-bond acceptors (Lipinski definition) is 3. The van der Waals surface area contributed by atoms with Crippen LogP contribution in [0.25, 0.3) is 11.3 Å². The second-order valence-electron chi connectivity index (χ2n) is 3.78. The Kier molecular flexibility index (Phi) is 3.75. The average Bonchev–Trinajstić information content (AvgIpc) is 2.42. The van der Waals surface area contributed by atoms with E-state index in [0.717, 1.165) is 0 Å². The average molecular weight is 299 g/mol. The molecule has 0 saturated carbocycles. The molecule has 5 nitrogen and oxygen atoms in total. The lowest BCUT2D eigenvalue weighted by Crippen LogP contribution is -2.18. The third-order valence-electron chi connectivity index (χ3n) is 2.61. The van der Waals surface area contributed by atoms with Crippen LogP contribution in [-0.4, -0.2) is 20.4 Å². The molecule has 2 N–H and O–H groups in total. The first-order valence-electron chi connectivity index (χ1n) is 5.37. The quantitative estimate of drug-likeness (QED) is 0.903.